The van der Waals surface area contributed by atoms with E-state index in [2.05, 4.69) is 6.92 Å². The van der Waals surface area contributed by atoms with Crippen molar-refractivity contribution in [2.45, 2.75) is 19.4 Å². The molecule has 0 spiro atoms. The Labute approximate surface area is 56.2 Å². The summed E-state index contributed by atoms with van der Waals surface area (Å²) >= 11 is 0. The van der Waals surface area contributed by atoms with Crippen LogP contribution in [0.25, 0.3) is 0 Å². The average molecular weight is 130 g/mol. The molecule has 1 aliphatic rings. The van der Waals surface area contributed by atoms with E-state index in [1.807, 2.05) is 0 Å². The van der Waals surface area contributed by atoms with E-state index in [9.17, 15) is 0 Å². The Bertz CT molecular complexity index is 83.0. The highest BCUT2D eigenvalue weighted by Gasteiger charge is 2.20. The molecule has 0 amide bonds. The predicted octanol–water partition coefficient (Wildman–Crippen LogP) is 1.06. The van der Waals surface area contributed by atoms with Crippen molar-refractivity contribution in [3.63, 3.8) is 0 Å². The second-order valence-corrected chi connectivity index (χ2v) is 2.62. The third-order valence-corrected chi connectivity index (χ3v) is 1.86. The number of hydrogen-bond donors (Lipinski definition) is 0. The van der Waals surface area contributed by atoms with E-state index in [0.29, 0.717) is 12.0 Å². The Hall–Kier alpha value is -0.0800. The highest BCUT2D eigenvalue weighted by Crippen LogP contribution is 2.15. The largest absolute Gasteiger partial charge is 0.381 e. The summed E-state index contributed by atoms with van der Waals surface area (Å²) in [4.78, 5) is 0. The van der Waals surface area contributed by atoms with Crippen LogP contribution in [0.5, 0.6) is 0 Å². The summed E-state index contributed by atoms with van der Waals surface area (Å²) in [5.74, 6) is 0.573. The lowest BCUT2D eigenvalue weighted by Crippen LogP contribution is -2.31. The first-order chi connectivity index (χ1) is 4.34. The minimum atomic E-state index is 0.429. The molecule has 2 atom stereocenters. The molecule has 0 N–H and O–H groups in total. The van der Waals surface area contributed by atoms with Gasteiger partial charge in [0, 0.05) is 19.6 Å². The molecule has 0 aromatic carbocycles. The topological polar surface area (TPSA) is 18.5 Å². The molecule has 0 saturated carbocycles. The lowest BCUT2D eigenvalue weighted by atomic mass is 10.0. The summed E-state index contributed by atoms with van der Waals surface area (Å²) in [6.45, 7) is 3.88. The second kappa shape index (κ2) is 3.18. The highest BCUT2D eigenvalue weighted by atomic mass is 16.5. The van der Waals surface area contributed by atoms with Crippen LogP contribution >= 0.6 is 0 Å². The summed E-state index contributed by atoms with van der Waals surface area (Å²) < 4.78 is 10.5. The van der Waals surface area contributed by atoms with E-state index in [0.717, 1.165) is 19.6 Å². The van der Waals surface area contributed by atoms with Gasteiger partial charge in [0.2, 0.25) is 0 Å². The Morgan fingerprint density at radius 1 is 1.56 bits per heavy atom. The molecule has 2 heteroatoms. The molecular weight excluding hydrogens is 116 g/mol. The Balaban J connectivity index is 2.30. The molecule has 0 radical (unpaired) electrons. The fourth-order valence-corrected chi connectivity index (χ4v) is 1.21. The number of ether oxygens (including phenoxy) is 2. The molecule has 54 valence electrons. The van der Waals surface area contributed by atoms with Crippen LogP contribution in [0.3, 0.4) is 0 Å². The van der Waals surface area contributed by atoms with Gasteiger partial charge >= 0.3 is 0 Å². The van der Waals surface area contributed by atoms with Gasteiger partial charge < -0.3 is 9.47 Å². The normalized spacial score (nSPS) is 36.7. The second-order valence-electron chi connectivity index (χ2n) is 2.62. The van der Waals surface area contributed by atoms with Crippen LogP contribution in [0.15, 0.2) is 0 Å². The van der Waals surface area contributed by atoms with Gasteiger partial charge in [-0.1, -0.05) is 6.92 Å². The first-order valence-corrected chi connectivity index (χ1v) is 3.45. The van der Waals surface area contributed by atoms with Crippen LogP contribution in [0.2, 0.25) is 0 Å². The fraction of sp³-hybridized carbons (Fsp3) is 1.00. The molecule has 0 aromatic heterocycles. The SMILES string of the molecule is COC1CCOCC1C. The molecule has 1 saturated heterocycles. The van der Waals surface area contributed by atoms with Gasteiger partial charge in [-0.05, 0) is 6.42 Å². The van der Waals surface area contributed by atoms with Crippen molar-refractivity contribution < 1.29 is 9.47 Å². The van der Waals surface area contributed by atoms with Gasteiger partial charge in [-0.2, -0.15) is 0 Å². The number of hydrogen-bond acceptors (Lipinski definition) is 2. The van der Waals surface area contributed by atoms with Crippen LogP contribution in [0, 0.1) is 5.92 Å². The lowest BCUT2D eigenvalue weighted by molar-refractivity contribution is -0.0494. The number of rotatable bonds is 1. The molecule has 1 fully saturated rings. The summed E-state index contributed by atoms with van der Waals surface area (Å²) in [5.41, 5.74) is 0. The molecular formula is C7H14O2. The average Bonchev–Trinajstić information content (AvgIpc) is 1.89. The Morgan fingerprint density at radius 2 is 2.33 bits per heavy atom. The van der Waals surface area contributed by atoms with Crippen LogP contribution in [-0.2, 0) is 9.47 Å². The number of methoxy groups -OCH3 is 1. The van der Waals surface area contributed by atoms with E-state index in [-0.39, 0.29) is 0 Å². The van der Waals surface area contributed by atoms with Crippen molar-refractivity contribution >= 4 is 0 Å². The van der Waals surface area contributed by atoms with Gasteiger partial charge in [0.1, 0.15) is 0 Å². The van der Waals surface area contributed by atoms with Crippen molar-refractivity contribution in [2.75, 3.05) is 20.3 Å². The van der Waals surface area contributed by atoms with Gasteiger partial charge in [0.15, 0.2) is 0 Å². The van der Waals surface area contributed by atoms with Gasteiger partial charge in [0.05, 0.1) is 12.7 Å². The van der Waals surface area contributed by atoms with E-state index in [4.69, 9.17) is 9.47 Å². The zero-order valence-electron chi connectivity index (χ0n) is 6.09. The van der Waals surface area contributed by atoms with Crippen molar-refractivity contribution in [1.29, 1.82) is 0 Å². The van der Waals surface area contributed by atoms with Crippen LogP contribution in [-0.4, -0.2) is 26.4 Å². The highest BCUT2D eigenvalue weighted by molar-refractivity contribution is 4.69. The standard InChI is InChI=1S/C7H14O2/c1-6-5-9-4-3-7(6)8-2/h6-7H,3-5H2,1-2H3. The molecule has 0 bridgehead atoms. The summed E-state index contributed by atoms with van der Waals surface area (Å²) in [7, 11) is 1.77. The summed E-state index contributed by atoms with van der Waals surface area (Å²) in [6, 6.07) is 0. The maximum absolute atomic E-state index is 5.23. The third kappa shape index (κ3) is 1.66. The van der Waals surface area contributed by atoms with Crippen molar-refractivity contribution in [1.82, 2.24) is 0 Å². The fourth-order valence-electron chi connectivity index (χ4n) is 1.21. The first-order valence-electron chi connectivity index (χ1n) is 3.45. The monoisotopic (exact) mass is 130 g/mol. The Morgan fingerprint density at radius 3 is 2.78 bits per heavy atom. The van der Waals surface area contributed by atoms with Crippen LogP contribution in [0.1, 0.15) is 13.3 Å². The Kier molecular flexibility index (Phi) is 2.49. The van der Waals surface area contributed by atoms with Gasteiger partial charge in [-0.25, -0.2) is 0 Å². The third-order valence-electron chi connectivity index (χ3n) is 1.86. The molecule has 0 aromatic rings. The van der Waals surface area contributed by atoms with E-state index < -0.39 is 0 Å². The van der Waals surface area contributed by atoms with Gasteiger partial charge in [-0.15, -0.1) is 0 Å². The zero-order valence-corrected chi connectivity index (χ0v) is 6.09. The van der Waals surface area contributed by atoms with Crippen LogP contribution < -0.4 is 0 Å². The summed E-state index contributed by atoms with van der Waals surface area (Å²) in [6.07, 6.45) is 1.48. The minimum absolute atomic E-state index is 0.429. The molecule has 1 aliphatic heterocycles. The van der Waals surface area contributed by atoms with Crippen molar-refractivity contribution in [2.24, 2.45) is 5.92 Å². The van der Waals surface area contributed by atoms with E-state index in [1.54, 1.807) is 7.11 Å². The minimum Gasteiger partial charge on any atom is -0.381 e. The predicted molar refractivity (Wildman–Crippen MR) is 35.4 cm³/mol. The van der Waals surface area contributed by atoms with Gasteiger partial charge in [0.25, 0.3) is 0 Å². The quantitative estimate of drug-likeness (QED) is 0.528. The first kappa shape index (κ1) is 7.03. The smallest absolute Gasteiger partial charge is 0.0640 e. The zero-order chi connectivity index (χ0) is 6.69. The van der Waals surface area contributed by atoms with Crippen LogP contribution in [0.4, 0.5) is 0 Å². The molecule has 0 aliphatic carbocycles. The maximum atomic E-state index is 5.23. The molecule has 9 heavy (non-hydrogen) atoms. The van der Waals surface area contributed by atoms with Crippen molar-refractivity contribution in [3.8, 4) is 0 Å². The summed E-state index contributed by atoms with van der Waals surface area (Å²) in [5, 5.41) is 0. The van der Waals surface area contributed by atoms with Crippen molar-refractivity contribution in [3.05, 3.63) is 0 Å². The molecule has 1 rings (SSSR count). The van der Waals surface area contributed by atoms with Gasteiger partial charge in [-0.3, -0.25) is 0 Å². The molecule has 2 unspecified atom stereocenters. The molecule has 2 nitrogen and oxygen atoms in total. The van der Waals surface area contributed by atoms with E-state index in [1.165, 1.54) is 0 Å². The lowest BCUT2D eigenvalue weighted by Gasteiger charge is -2.27. The van der Waals surface area contributed by atoms with E-state index >= 15 is 0 Å². The maximum Gasteiger partial charge on any atom is 0.0640 e. The molecule has 1 heterocycles.